The largest absolute Gasteiger partial charge is 0.513 e. The molecule has 0 atom stereocenters. The van der Waals surface area contributed by atoms with Crippen LogP contribution < -0.4 is 4.57 Å². The van der Waals surface area contributed by atoms with Crippen LogP contribution in [0.5, 0.6) is 0 Å². The quantitative estimate of drug-likeness (QED) is 0.291. The molecule has 1 heterocycles. The van der Waals surface area contributed by atoms with E-state index in [1.807, 2.05) is 30.3 Å². The van der Waals surface area contributed by atoms with Crippen LogP contribution in [0.2, 0.25) is 0 Å². The van der Waals surface area contributed by atoms with Crippen molar-refractivity contribution >= 4 is 34.3 Å². The SMILES string of the molecule is C=C(CC(=O)C(=C=N)[n+]1ccc2ccccc2c1)OC(=O)OCC. The number of pyridine rings is 1. The Balaban J connectivity index is 2.15. The number of ketones is 1. The third kappa shape index (κ3) is 4.15. The molecule has 2 aromatic rings. The Morgan fingerprint density at radius 2 is 1.96 bits per heavy atom. The molecule has 1 aromatic heterocycles. The van der Waals surface area contributed by atoms with Gasteiger partial charge in [-0.15, -0.1) is 0 Å². The number of hydrogen-bond acceptors (Lipinski definition) is 5. The monoisotopic (exact) mass is 325 g/mol. The van der Waals surface area contributed by atoms with Gasteiger partial charge in [-0.2, -0.15) is 4.57 Å². The Labute approximate surface area is 139 Å². The van der Waals surface area contributed by atoms with Gasteiger partial charge < -0.3 is 9.47 Å². The van der Waals surface area contributed by atoms with Crippen LogP contribution >= 0.6 is 0 Å². The van der Waals surface area contributed by atoms with Gasteiger partial charge in [0.15, 0.2) is 12.4 Å². The second-order valence-electron chi connectivity index (χ2n) is 4.88. The summed E-state index contributed by atoms with van der Waals surface area (Å²) < 4.78 is 10.9. The van der Waals surface area contributed by atoms with E-state index >= 15 is 0 Å². The number of hydrogen-bond donors (Lipinski definition) is 1. The Bertz CT molecular complexity index is 851. The van der Waals surface area contributed by atoms with E-state index in [9.17, 15) is 9.59 Å². The van der Waals surface area contributed by atoms with Crippen molar-refractivity contribution in [2.75, 3.05) is 6.61 Å². The summed E-state index contributed by atoms with van der Waals surface area (Å²) in [5.41, 5.74) is 0.0226. The average molecular weight is 325 g/mol. The second kappa shape index (κ2) is 7.85. The minimum Gasteiger partial charge on any atom is -0.434 e. The molecule has 0 saturated carbocycles. The van der Waals surface area contributed by atoms with E-state index in [4.69, 9.17) is 10.1 Å². The van der Waals surface area contributed by atoms with Gasteiger partial charge in [-0.3, -0.25) is 10.2 Å². The summed E-state index contributed by atoms with van der Waals surface area (Å²) in [4.78, 5) is 23.5. The number of aromatic nitrogens is 1. The Morgan fingerprint density at radius 3 is 2.62 bits per heavy atom. The first-order chi connectivity index (χ1) is 11.5. The van der Waals surface area contributed by atoms with Crippen LogP contribution in [-0.2, 0) is 14.3 Å². The van der Waals surface area contributed by atoms with Crippen molar-refractivity contribution in [1.82, 2.24) is 0 Å². The fourth-order valence-electron chi connectivity index (χ4n) is 2.12. The Hall–Kier alpha value is -3.24. The van der Waals surface area contributed by atoms with Gasteiger partial charge in [0.25, 0.3) is 0 Å². The molecular formula is C18H17N2O4+. The zero-order valence-electron chi connectivity index (χ0n) is 13.2. The van der Waals surface area contributed by atoms with Gasteiger partial charge in [-0.05, 0) is 18.4 Å². The minimum atomic E-state index is -0.908. The molecule has 0 aliphatic carbocycles. The van der Waals surface area contributed by atoms with Gasteiger partial charge in [-0.1, -0.05) is 24.8 Å². The molecule has 6 nitrogen and oxygen atoms in total. The zero-order chi connectivity index (χ0) is 17.5. The van der Waals surface area contributed by atoms with Crippen molar-refractivity contribution in [2.45, 2.75) is 13.3 Å². The predicted octanol–water partition coefficient (Wildman–Crippen LogP) is 2.86. The number of carbonyl (C=O) groups is 2. The number of Topliss-reactive ketones (excluding diaryl/α,β-unsaturated/α-hetero) is 1. The molecule has 0 radical (unpaired) electrons. The maximum absolute atomic E-state index is 12.3. The van der Waals surface area contributed by atoms with E-state index in [0.29, 0.717) is 0 Å². The summed E-state index contributed by atoms with van der Waals surface area (Å²) in [6.07, 6.45) is 2.25. The van der Waals surface area contributed by atoms with Crippen LogP contribution in [0.15, 0.2) is 55.1 Å². The molecule has 24 heavy (non-hydrogen) atoms. The van der Waals surface area contributed by atoms with Gasteiger partial charge >= 0.3 is 11.9 Å². The number of benzene rings is 1. The molecule has 0 fully saturated rings. The molecule has 0 bridgehead atoms. The molecule has 6 heteroatoms. The first-order valence-corrected chi connectivity index (χ1v) is 7.31. The van der Waals surface area contributed by atoms with E-state index in [2.05, 4.69) is 17.2 Å². The number of nitrogens with zero attached hydrogens (tertiary/aromatic N) is 1. The second-order valence-corrected chi connectivity index (χ2v) is 4.88. The number of nitrogens with one attached hydrogen (secondary N) is 1. The van der Waals surface area contributed by atoms with Crippen LogP contribution in [0, 0.1) is 5.41 Å². The van der Waals surface area contributed by atoms with Gasteiger partial charge in [0.1, 0.15) is 5.76 Å². The predicted molar refractivity (Wildman–Crippen MR) is 88.4 cm³/mol. The number of fused-ring (bicyclic) bond motifs is 1. The summed E-state index contributed by atoms with van der Waals surface area (Å²) >= 11 is 0. The third-order valence-corrected chi connectivity index (χ3v) is 3.18. The highest BCUT2D eigenvalue weighted by Crippen LogP contribution is 2.12. The van der Waals surface area contributed by atoms with Crippen molar-refractivity contribution in [3.8, 4) is 0 Å². The number of ether oxygens (including phenoxy) is 2. The summed E-state index contributed by atoms with van der Waals surface area (Å²) in [7, 11) is 0. The molecule has 0 unspecified atom stereocenters. The lowest BCUT2D eigenvalue weighted by molar-refractivity contribution is -0.574. The van der Waals surface area contributed by atoms with Gasteiger partial charge in [-0.25, -0.2) is 4.79 Å². The molecule has 0 spiro atoms. The van der Waals surface area contributed by atoms with Crippen LogP contribution in [0.4, 0.5) is 4.79 Å². The first kappa shape index (κ1) is 17.1. The highest BCUT2D eigenvalue weighted by Gasteiger charge is 2.23. The summed E-state index contributed by atoms with van der Waals surface area (Å²) in [6.45, 7) is 5.33. The lowest BCUT2D eigenvalue weighted by Gasteiger charge is -2.05. The topological polar surface area (TPSA) is 80.3 Å². The summed E-state index contributed by atoms with van der Waals surface area (Å²) in [5.74, 6) is 1.64. The maximum Gasteiger partial charge on any atom is 0.513 e. The summed E-state index contributed by atoms with van der Waals surface area (Å²) in [6, 6.07) is 9.49. The van der Waals surface area contributed by atoms with E-state index in [0.717, 1.165) is 10.8 Å². The molecule has 0 saturated heterocycles. The minimum absolute atomic E-state index is 0.0226. The van der Waals surface area contributed by atoms with Crippen molar-refractivity contribution < 1.29 is 23.6 Å². The van der Waals surface area contributed by atoms with Gasteiger partial charge in [0, 0.05) is 11.5 Å². The standard InChI is InChI=1S/C18H17N2O4/c1-3-23-18(22)24-13(2)10-17(21)16(11-19)20-9-8-14-6-4-5-7-15(14)12-20/h4-9,12,19H,2-3,10H2,1H3/q+1. The number of carbonyl (C=O) groups excluding carboxylic acids is 2. The maximum atomic E-state index is 12.3. The lowest BCUT2D eigenvalue weighted by atomic mass is 10.1. The average Bonchev–Trinajstić information content (AvgIpc) is 2.55. The van der Waals surface area contributed by atoms with Crippen molar-refractivity contribution in [1.29, 1.82) is 5.41 Å². The van der Waals surface area contributed by atoms with Crippen molar-refractivity contribution in [2.24, 2.45) is 0 Å². The highest BCUT2D eigenvalue weighted by molar-refractivity contribution is 6.20. The normalized spacial score (nSPS) is 9.88. The smallest absolute Gasteiger partial charge is 0.434 e. The van der Waals surface area contributed by atoms with Crippen LogP contribution in [0.3, 0.4) is 0 Å². The van der Waals surface area contributed by atoms with Gasteiger partial charge in [0.2, 0.25) is 5.78 Å². The molecule has 0 aliphatic rings. The molecule has 1 N–H and O–H groups in total. The van der Waals surface area contributed by atoms with E-state index < -0.39 is 11.9 Å². The Morgan fingerprint density at radius 1 is 1.25 bits per heavy atom. The fraction of sp³-hybridized carbons (Fsp3) is 0.167. The molecule has 0 aliphatic heterocycles. The van der Waals surface area contributed by atoms with Crippen molar-refractivity contribution in [3.63, 3.8) is 0 Å². The summed E-state index contributed by atoms with van der Waals surface area (Å²) in [5, 5.41) is 9.33. The Kier molecular flexibility index (Phi) is 5.60. The molecular weight excluding hydrogens is 308 g/mol. The van der Waals surface area contributed by atoms with Crippen LogP contribution in [-0.4, -0.2) is 24.4 Å². The van der Waals surface area contributed by atoms with Crippen LogP contribution in [0.1, 0.15) is 13.3 Å². The van der Waals surface area contributed by atoms with Gasteiger partial charge in [0.05, 0.1) is 18.9 Å². The van der Waals surface area contributed by atoms with E-state index in [-0.39, 0.29) is 24.5 Å². The van der Waals surface area contributed by atoms with E-state index in [1.165, 1.54) is 4.57 Å². The highest BCUT2D eigenvalue weighted by atomic mass is 16.7. The lowest BCUT2D eigenvalue weighted by Crippen LogP contribution is -2.36. The first-order valence-electron chi connectivity index (χ1n) is 7.31. The molecule has 1 aromatic carbocycles. The van der Waals surface area contributed by atoms with E-state index in [1.54, 1.807) is 19.3 Å². The number of rotatable bonds is 6. The molecule has 2 rings (SSSR count). The van der Waals surface area contributed by atoms with Crippen LogP contribution in [0.25, 0.3) is 16.5 Å². The number of allylic oxidation sites excluding steroid dienone is 2. The molecule has 0 amide bonds. The fourth-order valence-corrected chi connectivity index (χ4v) is 2.12. The van der Waals surface area contributed by atoms with Crippen molar-refractivity contribution in [3.05, 3.63) is 55.1 Å². The third-order valence-electron chi connectivity index (χ3n) is 3.18. The zero-order valence-corrected chi connectivity index (χ0v) is 13.2. The molecule has 122 valence electrons.